The number of para-hydroxylation sites is 1. The van der Waals surface area contributed by atoms with Crippen LogP contribution in [0.25, 0.3) is 11.3 Å². The van der Waals surface area contributed by atoms with Crippen molar-refractivity contribution in [2.75, 3.05) is 25.1 Å². The largest absolute Gasteiger partial charge is 0.496 e. The van der Waals surface area contributed by atoms with Crippen LogP contribution in [0, 0.1) is 0 Å². The van der Waals surface area contributed by atoms with Crippen LogP contribution in [0.2, 0.25) is 0 Å². The van der Waals surface area contributed by atoms with Gasteiger partial charge in [0.05, 0.1) is 12.8 Å². The number of carbonyl (C=O) groups excluding carboxylic acids is 1. The molecule has 0 spiro atoms. The number of rotatable bonds is 6. The molecule has 2 N–H and O–H groups in total. The molecular weight excluding hydrogens is 280 g/mol. The highest BCUT2D eigenvalue weighted by molar-refractivity contribution is 5.92. The lowest BCUT2D eigenvalue weighted by Gasteiger charge is -2.20. The first-order valence-electron chi connectivity index (χ1n) is 7.17. The highest BCUT2D eigenvalue weighted by atomic mass is 16.5. The quantitative estimate of drug-likeness (QED) is 0.883. The van der Waals surface area contributed by atoms with Gasteiger partial charge in [0.25, 0.3) is 5.91 Å². The topological polar surface area (TPSA) is 81.3 Å². The van der Waals surface area contributed by atoms with Crippen molar-refractivity contribution in [3.63, 3.8) is 0 Å². The molecule has 2 rings (SSSR count). The van der Waals surface area contributed by atoms with Gasteiger partial charge in [0.1, 0.15) is 11.4 Å². The first kappa shape index (κ1) is 15.8. The lowest BCUT2D eigenvalue weighted by atomic mass is 10.1. The summed E-state index contributed by atoms with van der Waals surface area (Å²) in [7, 11) is 1.60. The molecule has 0 fully saturated rings. The molecule has 1 aromatic carbocycles. The maximum absolute atomic E-state index is 11.6. The van der Waals surface area contributed by atoms with E-state index in [0.29, 0.717) is 17.4 Å². The standard InChI is InChI=1S/C16H20N4O2/c1-4-20(5-2)16-18-12(10-13(19-16)15(17)21)11-8-6-7-9-14(11)22-3/h6-10H,4-5H2,1-3H3,(H2,17,21). The molecule has 0 atom stereocenters. The first-order valence-corrected chi connectivity index (χ1v) is 7.17. The Kier molecular flexibility index (Phi) is 4.93. The fourth-order valence-corrected chi connectivity index (χ4v) is 2.20. The van der Waals surface area contributed by atoms with E-state index < -0.39 is 5.91 Å². The van der Waals surface area contributed by atoms with Crippen LogP contribution in [-0.4, -0.2) is 36.1 Å². The molecule has 0 aliphatic heterocycles. The second-order valence-corrected chi connectivity index (χ2v) is 4.68. The van der Waals surface area contributed by atoms with E-state index in [1.807, 2.05) is 43.0 Å². The Morgan fingerprint density at radius 2 is 1.91 bits per heavy atom. The van der Waals surface area contributed by atoms with E-state index in [-0.39, 0.29) is 5.69 Å². The number of nitrogens with two attached hydrogens (primary N) is 1. The Balaban J connectivity index is 2.62. The summed E-state index contributed by atoms with van der Waals surface area (Å²) in [5.41, 5.74) is 7.01. The van der Waals surface area contributed by atoms with E-state index in [1.165, 1.54) is 0 Å². The smallest absolute Gasteiger partial charge is 0.267 e. The minimum Gasteiger partial charge on any atom is -0.496 e. The monoisotopic (exact) mass is 300 g/mol. The minimum absolute atomic E-state index is 0.192. The number of ether oxygens (including phenoxy) is 1. The molecule has 0 unspecified atom stereocenters. The van der Waals surface area contributed by atoms with E-state index in [4.69, 9.17) is 10.5 Å². The van der Waals surface area contributed by atoms with Crippen LogP contribution in [0.3, 0.4) is 0 Å². The summed E-state index contributed by atoms with van der Waals surface area (Å²) >= 11 is 0. The van der Waals surface area contributed by atoms with Crippen molar-refractivity contribution in [2.45, 2.75) is 13.8 Å². The minimum atomic E-state index is -0.577. The Labute approximate surface area is 129 Å². The zero-order valence-electron chi connectivity index (χ0n) is 13.0. The summed E-state index contributed by atoms with van der Waals surface area (Å²) in [6, 6.07) is 9.09. The maximum atomic E-state index is 11.6. The van der Waals surface area contributed by atoms with Gasteiger partial charge in [-0.05, 0) is 32.0 Å². The van der Waals surface area contributed by atoms with Gasteiger partial charge in [-0.2, -0.15) is 0 Å². The number of hydrogen-bond donors (Lipinski definition) is 1. The Hall–Kier alpha value is -2.63. The molecular formula is C16H20N4O2. The summed E-state index contributed by atoms with van der Waals surface area (Å²) in [5, 5.41) is 0. The maximum Gasteiger partial charge on any atom is 0.267 e. The molecule has 1 amide bonds. The molecule has 0 aliphatic carbocycles. The lowest BCUT2D eigenvalue weighted by Crippen LogP contribution is -2.26. The van der Waals surface area contributed by atoms with Crippen molar-refractivity contribution in [3.8, 4) is 17.0 Å². The van der Waals surface area contributed by atoms with Crippen LogP contribution in [0.4, 0.5) is 5.95 Å². The molecule has 22 heavy (non-hydrogen) atoms. The number of anilines is 1. The van der Waals surface area contributed by atoms with Gasteiger partial charge < -0.3 is 15.4 Å². The van der Waals surface area contributed by atoms with Crippen LogP contribution >= 0.6 is 0 Å². The molecule has 2 aromatic rings. The average Bonchev–Trinajstić information content (AvgIpc) is 2.55. The Morgan fingerprint density at radius 1 is 1.23 bits per heavy atom. The van der Waals surface area contributed by atoms with Crippen LogP contribution in [0.5, 0.6) is 5.75 Å². The van der Waals surface area contributed by atoms with Gasteiger partial charge in [0, 0.05) is 18.7 Å². The Bertz CT molecular complexity index is 669. The number of nitrogens with zero attached hydrogens (tertiary/aromatic N) is 3. The third-order valence-corrected chi connectivity index (χ3v) is 3.40. The normalized spacial score (nSPS) is 10.3. The second-order valence-electron chi connectivity index (χ2n) is 4.68. The molecule has 0 bridgehead atoms. The molecule has 6 nitrogen and oxygen atoms in total. The van der Waals surface area contributed by atoms with Crippen molar-refractivity contribution < 1.29 is 9.53 Å². The third kappa shape index (κ3) is 3.16. The number of hydrogen-bond acceptors (Lipinski definition) is 5. The Morgan fingerprint density at radius 3 is 2.50 bits per heavy atom. The first-order chi connectivity index (χ1) is 10.6. The zero-order valence-corrected chi connectivity index (χ0v) is 13.0. The molecule has 0 aliphatic rings. The number of benzene rings is 1. The summed E-state index contributed by atoms with van der Waals surface area (Å²) < 4.78 is 5.36. The van der Waals surface area contributed by atoms with Crippen LogP contribution < -0.4 is 15.4 Å². The van der Waals surface area contributed by atoms with Crippen molar-refractivity contribution in [3.05, 3.63) is 36.0 Å². The van der Waals surface area contributed by atoms with E-state index in [2.05, 4.69) is 9.97 Å². The van der Waals surface area contributed by atoms with Gasteiger partial charge in [-0.25, -0.2) is 9.97 Å². The molecule has 116 valence electrons. The molecule has 6 heteroatoms. The molecule has 0 saturated carbocycles. The predicted molar refractivity (Wildman–Crippen MR) is 86.1 cm³/mol. The summed E-state index contributed by atoms with van der Waals surface area (Å²) in [6.07, 6.45) is 0. The van der Waals surface area contributed by atoms with E-state index in [1.54, 1.807) is 13.2 Å². The highest BCUT2D eigenvalue weighted by Crippen LogP contribution is 2.29. The second kappa shape index (κ2) is 6.89. The number of carbonyl (C=O) groups is 1. The van der Waals surface area contributed by atoms with E-state index in [0.717, 1.165) is 18.7 Å². The number of aromatic nitrogens is 2. The third-order valence-electron chi connectivity index (χ3n) is 3.40. The van der Waals surface area contributed by atoms with Gasteiger partial charge in [-0.1, -0.05) is 12.1 Å². The van der Waals surface area contributed by atoms with Crippen LogP contribution in [0.15, 0.2) is 30.3 Å². The zero-order chi connectivity index (χ0) is 16.1. The highest BCUT2D eigenvalue weighted by Gasteiger charge is 2.15. The fraction of sp³-hybridized carbons (Fsp3) is 0.312. The summed E-state index contributed by atoms with van der Waals surface area (Å²) in [6.45, 7) is 5.49. The van der Waals surface area contributed by atoms with Gasteiger partial charge in [0.15, 0.2) is 0 Å². The van der Waals surface area contributed by atoms with Gasteiger partial charge in [-0.15, -0.1) is 0 Å². The number of primary amides is 1. The van der Waals surface area contributed by atoms with Crippen molar-refractivity contribution in [1.29, 1.82) is 0 Å². The van der Waals surface area contributed by atoms with E-state index >= 15 is 0 Å². The summed E-state index contributed by atoms with van der Waals surface area (Å²) in [4.78, 5) is 22.4. The molecule has 0 radical (unpaired) electrons. The van der Waals surface area contributed by atoms with E-state index in [9.17, 15) is 4.79 Å². The lowest BCUT2D eigenvalue weighted by molar-refractivity contribution is 0.0995. The van der Waals surface area contributed by atoms with Crippen LogP contribution in [0.1, 0.15) is 24.3 Å². The molecule has 1 aromatic heterocycles. The predicted octanol–water partition coefficient (Wildman–Crippen LogP) is 2.10. The van der Waals surface area contributed by atoms with Crippen molar-refractivity contribution >= 4 is 11.9 Å². The van der Waals surface area contributed by atoms with Gasteiger partial charge >= 0.3 is 0 Å². The molecule has 1 heterocycles. The number of methoxy groups -OCH3 is 1. The average molecular weight is 300 g/mol. The van der Waals surface area contributed by atoms with Gasteiger partial charge in [0.2, 0.25) is 5.95 Å². The fourth-order valence-electron chi connectivity index (χ4n) is 2.20. The summed E-state index contributed by atoms with van der Waals surface area (Å²) in [5.74, 6) is 0.594. The molecule has 0 saturated heterocycles. The van der Waals surface area contributed by atoms with Crippen LogP contribution in [-0.2, 0) is 0 Å². The van der Waals surface area contributed by atoms with Gasteiger partial charge in [-0.3, -0.25) is 4.79 Å². The number of amides is 1. The van der Waals surface area contributed by atoms with Crippen molar-refractivity contribution in [2.24, 2.45) is 5.73 Å². The SMILES string of the molecule is CCN(CC)c1nc(C(N)=O)cc(-c2ccccc2OC)n1. The van der Waals surface area contributed by atoms with Crippen molar-refractivity contribution in [1.82, 2.24) is 9.97 Å².